The van der Waals surface area contributed by atoms with E-state index in [1.165, 1.54) is 9.80 Å². The SMILES string of the molecule is Cc1nnc(CN(C)C(=O)CN2CCNC2=O)o1. The molecule has 0 spiro atoms. The van der Waals surface area contributed by atoms with Gasteiger partial charge in [0.2, 0.25) is 17.7 Å². The minimum absolute atomic E-state index is 0.0649. The topological polar surface area (TPSA) is 91.6 Å². The van der Waals surface area contributed by atoms with E-state index in [0.717, 1.165) is 0 Å². The number of rotatable bonds is 4. The largest absolute Gasteiger partial charge is 0.424 e. The average Bonchev–Trinajstić information content (AvgIpc) is 2.89. The van der Waals surface area contributed by atoms with E-state index >= 15 is 0 Å². The third-order valence-electron chi connectivity index (χ3n) is 2.64. The summed E-state index contributed by atoms with van der Waals surface area (Å²) in [5.74, 6) is 0.682. The number of aromatic nitrogens is 2. The smallest absolute Gasteiger partial charge is 0.317 e. The molecule has 1 aliphatic heterocycles. The number of amides is 3. The average molecular weight is 253 g/mol. The number of nitrogens with zero attached hydrogens (tertiary/aromatic N) is 4. The summed E-state index contributed by atoms with van der Waals surface area (Å²) in [5, 5.41) is 10.1. The fourth-order valence-corrected chi connectivity index (χ4v) is 1.64. The molecule has 2 heterocycles. The van der Waals surface area contributed by atoms with E-state index in [9.17, 15) is 9.59 Å². The van der Waals surface area contributed by atoms with Gasteiger partial charge in [0.25, 0.3) is 0 Å². The molecule has 8 nitrogen and oxygen atoms in total. The number of urea groups is 1. The number of aryl methyl sites for hydroxylation is 1. The molecule has 0 radical (unpaired) electrons. The van der Waals surface area contributed by atoms with Crippen molar-refractivity contribution in [1.29, 1.82) is 0 Å². The number of carbonyl (C=O) groups is 2. The monoisotopic (exact) mass is 253 g/mol. The molecule has 3 amide bonds. The number of hydrogen-bond donors (Lipinski definition) is 1. The second-order valence-corrected chi connectivity index (χ2v) is 4.12. The van der Waals surface area contributed by atoms with Crippen molar-refractivity contribution in [1.82, 2.24) is 25.3 Å². The quantitative estimate of drug-likeness (QED) is 0.770. The molecule has 0 atom stereocenters. The highest BCUT2D eigenvalue weighted by molar-refractivity contribution is 5.84. The molecule has 1 aromatic heterocycles. The van der Waals surface area contributed by atoms with Crippen molar-refractivity contribution in [2.45, 2.75) is 13.5 Å². The van der Waals surface area contributed by atoms with Crippen LogP contribution in [0.5, 0.6) is 0 Å². The summed E-state index contributed by atoms with van der Waals surface area (Å²) < 4.78 is 5.19. The van der Waals surface area contributed by atoms with Crippen molar-refractivity contribution in [2.24, 2.45) is 0 Å². The molecule has 0 saturated carbocycles. The predicted molar refractivity (Wildman–Crippen MR) is 60.5 cm³/mol. The van der Waals surface area contributed by atoms with Crippen LogP contribution in [-0.4, -0.2) is 58.6 Å². The zero-order chi connectivity index (χ0) is 13.1. The highest BCUT2D eigenvalue weighted by atomic mass is 16.4. The first-order valence-electron chi connectivity index (χ1n) is 5.62. The maximum atomic E-state index is 11.9. The summed E-state index contributed by atoms with van der Waals surface area (Å²) in [6.45, 7) is 3.13. The molecular formula is C10H15N5O3. The number of hydrogen-bond acceptors (Lipinski definition) is 5. The molecule has 0 aliphatic carbocycles. The number of nitrogens with one attached hydrogen (secondary N) is 1. The van der Waals surface area contributed by atoms with Crippen LogP contribution >= 0.6 is 0 Å². The number of likely N-dealkylation sites (N-methyl/N-ethyl adjacent to an activating group) is 1. The van der Waals surface area contributed by atoms with Gasteiger partial charge in [0.1, 0.15) is 6.54 Å². The zero-order valence-electron chi connectivity index (χ0n) is 10.3. The second-order valence-electron chi connectivity index (χ2n) is 4.12. The van der Waals surface area contributed by atoms with Gasteiger partial charge < -0.3 is 19.5 Å². The lowest BCUT2D eigenvalue weighted by Gasteiger charge is -2.19. The van der Waals surface area contributed by atoms with Crippen LogP contribution in [-0.2, 0) is 11.3 Å². The van der Waals surface area contributed by atoms with Crippen molar-refractivity contribution < 1.29 is 14.0 Å². The van der Waals surface area contributed by atoms with Crippen LogP contribution < -0.4 is 5.32 Å². The van der Waals surface area contributed by atoms with Gasteiger partial charge in [-0.05, 0) is 0 Å². The Morgan fingerprint density at radius 2 is 2.33 bits per heavy atom. The molecule has 0 unspecified atom stereocenters. The summed E-state index contributed by atoms with van der Waals surface area (Å²) >= 11 is 0. The van der Waals surface area contributed by atoms with Gasteiger partial charge in [-0.1, -0.05) is 0 Å². The highest BCUT2D eigenvalue weighted by Crippen LogP contribution is 2.03. The molecule has 1 fully saturated rings. The molecule has 1 saturated heterocycles. The molecule has 98 valence electrons. The van der Waals surface area contributed by atoms with Crippen LogP contribution in [0.25, 0.3) is 0 Å². The summed E-state index contributed by atoms with van der Waals surface area (Å²) in [5.41, 5.74) is 0. The van der Waals surface area contributed by atoms with Crippen LogP contribution in [0.1, 0.15) is 11.8 Å². The predicted octanol–water partition coefficient (Wildman–Crippen LogP) is -0.638. The van der Waals surface area contributed by atoms with Gasteiger partial charge in [-0.2, -0.15) is 0 Å². The standard InChI is InChI=1S/C10H15N5O3/c1-7-12-13-8(18-7)5-14(2)9(16)6-15-4-3-11-10(15)17/h3-6H2,1-2H3,(H,11,17). The molecular weight excluding hydrogens is 238 g/mol. The second kappa shape index (κ2) is 5.03. The summed E-state index contributed by atoms with van der Waals surface area (Å²) in [6, 6.07) is -0.203. The van der Waals surface area contributed by atoms with Gasteiger partial charge in [0.05, 0.1) is 6.54 Å². The molecule has 0 bridgehead atoms. The molecule has 2 rings (SSSR count). The van der Waals surface area contributed by atoms with Gasteiger partial charge in [0.15, 0.2) is 0 Å². The van der Waals surface area contributed by atoms with Crippen molar-refractivity contribution >= 4 is 11.9 Å². The van der Waals surface area contributed by atoms with Gasteiger partial charge in [-0.3, -0.25) is 4.79 Å². The molecule has 8 heteroatoms. The van der Waals surface area contributed by atoms with Crippen LogP contribution in [0.4, 0.5) is 4.79 Å². The van der Waals surface area contributed by atoms with Gasteiger partial charge in [-0.15, -0.1) is 10.2 Å². The van der Waals surface area contributed by atoms with Gasteiger partial charge in [0, 0.05) is 27.1 Å². The van der Waals surface area contributed by atoms with E-state index in [1.54, 1.807) is 14.0 Å². The highest BCUT2D eigenvalue weighted by Gasteiger charge is 2.23. The third kappa shape index (κ3) is 2.76. The van der Waals surface area contributed by atoms with Crippen molar-refractivity contribution in [3.05, 3.63) is 11.8 Å². The first kappa shape index (κ1) is 12.3. The summed E-state index contributed by atoms with van der Waals surface area (Å²) in [7, 11) is 1.63. The third-order valence-corrected chi connectivity index (χ3v) is 2.64. The van der Waals surface area contributed by atoms with Crippen molar-refractivity contribution in [3.8, 4) is 0 Å². The Morgan fingerprint density at radius 1 is 1.56 bits per heavy atom. The van der Waals surface area contributed by atoms with E-state index in [1.807, 2.05) is 0 Å². The van der Waals surface area contributed by atoms with Crippen LogP contribution in [0.2, 0.25) is 0 Å². The fraction of sp³-hybridized carbons (Fsp3) is 0.600. The first-order valence-corrected chi connectivity index (χ1v) is 5.62. The zero-order valence-corrected chi connectivity index (χ0v) is 10.3. The van der Waals surface area contributed by atoms with E-state index in [0.29, 0.717) is 24.9 Å². The van der Waals surface area contributed by atoms with Crippen molar-refractivity contribution in [2.75, 3.05) is 26.7 Å². The Labute approximate surface area is 104 Å². The normalized spacial score (nSPS) is 14.8. The van der Waals surface area contributed by atoms with Crippen LogP contribution in [0.15, 0.2) is 4.42 Å². The first-order chi connectivity index (χ1) is 8.56. The lowest BCUT2D eigenvalue weighted by atomic mass is 10.4. The maximum absolute atomic E-state index is 11.9. The van der Waals surface area contributed by atoms with Crippen LogP contribution in [0, 0.1) is 6.92 Å². The maximum Gasteiger partial charge on any atom is 0.317 e. The Kier molecular flexibility index (Phi) is 3.45. The Hall–Kier alpha value is -2.12. The molecule has 1 aliphatic rings. The Bertz CT molecular complexity index is 458. The van der Waals surface area contributed by atoms with E-state index in [-0.39, 0.29) is 25.0 Å². The summed E-state index contributed by atoms with van der Waals surface area (Å²) in [6.07, 6.45) is 0. The van der Waals surface area contributed by atoms with Gasteiger partial charge >= 0.3 is 6.03 Å². The minimum Gasteiger partial charge on any atom is -0.424 e. The lowest BCUT2D eigenvalue weighted by Crippen LogP contribution is -2.39. The lowest BCUT2D eigenvalue weighted by molar-refractivity contribution is -0.131. The van der Waals surface area contributed by atoms with Gasteiger partial charge in [-0.25, -0.2) is 4.79 Å². The van der Waals surface area contributed by atoms with Crippen molar-refractivity contribution in [3.63, 3.8) is 0 Å². The van der Waals surface area contributed by atoms with E-state index < -0.39 is 0 Å². The Balaban J connectivity index is 1.86. The van der Waals surface area contributed by atoms with E-state index in [2.05, 4.69) is 15.5 Å². The molecule has 1 N–H and O–H groups in total. The summed E-state index contributed by atoms with van der Waals surface area (Å²) in [4.78, 5) is 26.1. The molecule has 0 aromatic carbocycles. The fourth-order valence-electron chi connectivity index (χ4n) is 1.64. The molecule has 18 heavy (non-hydrogen) atoms. The minimum atomic E-state index is -0.203. The molecule has 1 aromatic rings. The number of carbonyl (C=O) groups excluding carboxylic acids is 2. The van der Waals surface area contributed by atoms with Crippen LogP contribution in [0.3, 0.4) is 0 Å². The Morgan fingerprint density at radius 3 is 2.89 bits per heavy atom. The van der Waals surface area contributed by atoms with E-state index in [4.69, 9.17) is 4.42 Å².